The molecular formula is C36H62O31. The predicted molar refractivity (Wildman–Crippen MR) is 199 cm³/mol. The van der Waals surface area contributed by atoms with Crippen molar-refractivity contribution in [3.63, 3.8) is 0 Å². The minimum absolute atomic E-state index is 0.692. The minimum Gasteiger partial charge on any atom is -0.394 e. The van der Waals surface area contributed by atoms with Crippen LogP contribution in [0.15, 0.2) is 0 Å². The van der Waals surface area contributed by atoms with Crippen molar-refractivity contribution in [1.29, 1.82) is 0 Å². The maximum Gasteiger partial charge on any atom is 0.186 e. The largest absolute Gasteiger partial charge is 0.394 e. The van der Waals surface area contributed by atoms with E-state index < -0.39 is 224 Å². The molecule has 0 aromatic carbocycles. The third kappa shape index (κ3) is 12.0. The van der Waals surface area contributed by atoms with Gasteiger partial charge in [0.1, 0.15) is 146 Å². The number of ether oxygens (including phenoxy) is 11. The normalized spacial score (nSPS) is 53.4. The summed E-state index contributed by atoms with van der Waals surface area (Å²) in [6.45, 7) is -4.51. The van der Waals surface area contributed by atoms with Crippen LogP contribution < -0.4 is 0 Å². The van der Waals surface area contributed by atoms with Crippen LogP contribution in [0.2, 0.25) is 0 Å². The van der Waals surface area contributed by atoms with Gasteiger partial charge in [-0.1, -0.05) is 0 Å². The van der Waals surface area contributed by atoms with Crippen molar-refractivity contribution in [2.24, 2.45) is 0 Å². The quantitative estimate of drug-likeness (QED) is 0.0683. The van der Waals surface area contributed by atoms with E-state index in [4.69, 9.17) is 52.1 Å². The van der Waals surface area contributed by atoms with E-state index in [9.17, 15) is 102 Å². The average molecular weight is 991 g/mol. The second-order valence-electron chi connectivity index (χ2n) is 17.0. The van der Waals surface area contributed by atoms with Gasteiger partial charge in [0.2, 0.25) is 0 Å². The fourth-order valence-electron chi connectivity index (χ4n) is 7.99. The number of hydrogen-bond donors (Lipinski definition) is 20. The van der Waals surface area contributed by atoms with E-state index in [0.717, 1.165) is 0 Å². The van der Waals surface area contributed by atoms with Gasteiger partial charge in [0.25, 0.3) is 0 Å². The lowest BCUT2D eigenvalue weighted by Crippen LogP contribution is -2.63. The van der Waals surface area contributed by atoms with Crippen LogP contribution in [0.4, 0.5) is 0 Å². The maximum absolute atomic E-state index is 10.7. The summed E-state index contributed by atoms with van der Waals surface area (Å²) < 4.78 is 59.7. The lowest BCUT2D eigenvalue weighted by Gasteiger charge is -2.44. The van der Waals surface area contributed by atoms with Gasteiger partial charge in [-0.15, -0.1) is 0 Å². The van der Waals surface area contributed by atoms with Crippen LogP contribution in [-0.4, -0.2) is 326 Å². The molecule has 31 nitrogen and oxygen atoms in total. The molecule has 0 aromatic heterocycles. The van der Waals surface area contributed by atoms with Crippen LogP contribution in [0.3, 0.4) is 0 Å². The van der Waals surface area contributed by atoms with Gasteiger partial charge in [0.15, 0.2) is 37.7 Å². The highest BCUT2D eigenvalue weighted by Gasteiger charge is 2.52. The van der Waals surface area contributed by atoms with E-state index in [1.165, 1.54) is 0 Å². The summed E-state index contributed by atoms with van der Waals surface area (Å²) in [5.74, 6) is 0. The van der Waals surface area contributed by atoms with Gasteiger partial charge in [-0.05, 0) is 0 Å². The van der Waals surface area contributed by atoms with Crippen molar-refractivity contribution in [2.45, 2.75) is 184 Å². The Morgan fingerprint density at radius 1 is 0.224 bits per heavy atom. The topological polar surface area (TPSA) is 506 Å². The minimum atomic E-state index is -2.01. The molecule has 0 radical (unpaired) electrons. The van der Waals surface area contributed by atoms with Crippen LogP contribution in [0.5, 0.6) is 0 Å². The lowest BCUT2D eigenvalue weighted by atomic mass is 9.97. The summed E-state index contributed by atoms with van der Waals surface area (Å²) in [5.41, 5.74) is 0. The van der Waals surface area contributed by atoms with Gasteiger partial charge in [0, 0.05) is 0 Å². The molecule has 31 heteroatoms. The zero-order valence-electron chi connectivity index (χ0n) is 35.0. The van der Waals surface area contributed by atoms with Crippen molar-refractivity contribution < 1.29 is 154 Å². The standard InChI is InChI=1S/C36H62O31/c37-1-7-13(38)20(45)26(51)32(63-7)58-3-9-15(40)22(47)28(53)34(65-9)60-5-11-17(42)24(49)30(55)36(67-11)61-6-12-18(43)23(48)29(54)35(66-12)59-4-10-16(41)21(46)27(52)33(64-10)57-2-8-14(39)19(44)25(50)31(56)62-8/h7-56H,1-6H2/t7-,8-,9-,10-,11-,12-,13+,14-,15+,16+,17+,18+,19+,20-,21+,22+,23+,24+,25-,26-,27-,28-,29-,30-,31+,32-,33+,34+,35+,36+/m1/s1. The Balaban J connectivity index is 1.01. The Bertz CT molecular complexity index is 1510. The van der Waals surface area contributed by atoms with Gasteiger partial charge in [-0.3, -0.25) is 0 Å². The molecule has 0 amide bonds. The highest BCUT2D eigenvalue weighted by molar-refractivity contribution is 4.96. The van der Waals surface area contributed by atoms with Gasteiger partial charge < -0.3 is 154 Å². The second kappa shape index (κ2) is 23.5. The van der Waals surface area contributed by atoms with Crippen LogP contribution >= 0.6 is 0 Å². The number of hydrogen-bond acceptors (Lipinski definition) is 31. The summed E-state index contributed by atoms with van der Waals surface area (Å²) in [5, 5.41) is 206. The van der Waals surface area contributed by atoms with Crippen molar-refractivity contribution in [2.75, 3.05) is 39.6 Å². The van der Waals surface area contributed by atoms with E-state index in [0.29, 0.717) is 0 Å². The lowest BCUT2D eigenvalue weighted by molar-refractivity contribution is -0.352. The fraction of sp³-hybridized carbons (Fsp3) is 1.00. The smallest absolute Gasteiger partial charge is 0.186 e. The molecular weight excluding hydrogens is 928 g/mol. The molecule has 30 atom stereocenters. The summed E-state index contributed by atoms with van der Waals surface area (Å²) >= 11 is 0. The number of aliphatic hydroxyl groups is 20. The first kappa shape index (κ1) is 55.1. The van der Waals surface area contributed by atoms with Crippen LogP contribution in [-0.2, 0) is 52.1 Å². The summed E-state index contributed by atoms with van der Waals surface area (Å²) in [6, 6.07) is 0. The van der Waals surface area contributed by atoms with E-state index in [2.05, 4.69) is 0 Å². The molecule has 6 heterocycles. The SMILES string of the molecule is OC[C@H]1O[C@@H](OC[C@H]2O[C@H](OC[C@H]3O[C@H](OC[C@H]4O[C@H](OC[C@H]5O[C@H](OC[C@H]6O[C@H](O)[C@H](O)[C@@H](O)[C@@H]6O)[C@H](O)[C@@H](O)[C@H]5O)[C@H](O)[C@@H](O)[C@H]4O)[C@H](O)[C@@H](O)[C@H]3O)[C@H](O)[C@@H](O)[C@H]2O)[C@H](O)[C@H](O)[C@H]1O. The summed E-state index contributed by atoms with van der Waals surface area (Å²) in [4.78, 5) is 0. The van der Waals surface area contributed by atoms with Crippen molar-refractivity contribution in [3.05, 3.63) is 0 Å². The first-order chi connectivity index (χ1) is 31.6. The zero-order valence-corrected chi connectivity index (χ0v) is 35.0. The first-order valence-corrected chi connectivity index (χ1v) is 21.1. The predicted octanol–water partition coefficient (Wildman–Crippen LogP) is -14.1. The highest BCUT2D eigenvalue weighted by Crippen LogP contribution is 2.31. The molecule has 392 valence electrons. The van der Waals surface area contributed by atoms with E-state index in [1.54, 1.807) is 0 Å². The van der Waals surface area contributed by atoms with Crippen molar-refractivity contribution >= 4 is 0 Å². The van der Waals surface area contributed by atoms with Gasteiger partial charge in [0.05, 0.1) is 39.6 Å². The van der Waals surface area contributed by atoms with E-state index in [1.807, 2.05) is 0 Å². The highest BCUT2D eigenvalue weighted by atomic mass is 16.8. The number of rotatable bonds is 16. The molecule has 6 rings (SSSR count). The monoisotopic (exact) mass is 990 g/mol. The third-order valence-corrected chi connectivity index (χ3v) is 12.3. The Hall–Kier alpha value is -1.24. The molecule has 0 spiro atoms. The molecule has 6 aliphatic heterocycles. The summed E-state index contributed by atoms with van der Waals surface area (Å²) in [7, 11) is 0. The Labute approximate surface area is 378 Å². The molecule has 6 fully saturated rings. The Morgan fingerprint density at radius 3 is 0.657 bits per heavy atom. The van der Waals surface area contributed by atoms with Crippen molar-refractivity contribution in [1.82, 2.24) is 0 Å². The molecule has 6 aliphatic rings. The fourth-order valence-corrected chi connectivity index (χ4v) is 7.99. The van der Waals surface area contributed by atoms with Gasteiger partial charge >= 0.3 is 0 Å². The van der Waals surface area contributed by atoms with Gasteiger partial charge in [-0.25, -0.2) is 0 Å². The molecule has 20 N–H and O–H groups in total. The Morgan fingerprint density at radius 2 is 0.418 bits per heavy atom. The molecule has 0 bridgehead atoms. The average Bonchev–Trinajstić information content (AvgIpc) is 3.31. The van der Waals surface area contributed by atoms with E-state index >= 15 is 0 Å². The van der Waals surface area contributed by atoms with Gasteiger partial charge in [-0.2, -0.15) is 0 Å². The molecule has 6 saturated heterocycles. The molecule has 0 aliphatic carbocycles. The molecule has 0 saturated carbocycles. The molecule has 67 heavy (non-hydrogen) atoms. The van der Waals surface area contributed by atoms with Crippen molar-refractivity contribution in [3.8, 4) is 0 Å². The van der Waals surface area contributed by atoms with Crippen LogP contribution in [0, 0.1) is 0 Å². The third-order valence-electron chi connectivity index (χ3n) is 12.3. The van der Waals surface area contributed by atoms with E-state index in [-0.39, 0.29) is 0 Å². The maximum atomic E-state index is 10.7. The molecule has 0 unspecified atom stereocenters. The zero-order chi connectivity index (χ0) is 49.3. The first-order valence-electron chi connectivity index (χ1n) is 21.1. The van der Waals surface area contributed by atoms with Crippen LogP contribution in [0.1, 0.15) is 0 Å². The van der Waals surface area contributed by atoms with Crippen LogP contribution in [0.25, 0.3) is 0 Å². The summed E-state index contributed by atoms with van der Waals surface area (Å²) in [6.07, 6.45) is -54.2. The second-order valence-corrected chi connectivity index (χ2v) is 17.0. The Kier molecular flexibility index (Phi) is 19.4. The number of aliphatic hydroxyl groups excluding tert-OH is 20. The molecule has 0 aromatic rings.